The van der Waals surface area contributed by atoms with E-state index in [-0.39, 0.29) is 59.8 Å². The van der Waals surface area contributed by atoms with E-state index in [0.717, 1.165) is 12.8 Å². The number of alkyl carbamates (subject to hydrolysis) is 1. The molecule has 0 aromatic heterocycles. The summed E-state index contributed by atoms with van der Waals surface area (Å²) in [6.45, 7) is 25.5. The molecule has 0 aliphatic rings. The van der Waals surface area contributed by atoms with Crippen molar-refractivity contribution in [2.45, 2.75) is 132 Å². The van der Waals surface area contributed by atoms with Crippen LogP contribution in [0.15, 0.2) is 24.3 Å². The Morgan fingerprint density at radius 1 is 0.857 bits per heavy atom. The summed E-state index contributed by atoms with van der Waals surface area (Å²) in [6.07, 6.45) is 1.49. The third kappa shape index (κ3) is 19.8. The molecule has 56 heavy (non-hydrogen) atoms. The van der Waals surface area contributed by atoms with E-state index < -0.39 is 38.9 Å². The summed E-state index contributed by atoms with van der Waals surface area (Å²) in [5, 5.41) is 11.0. The van der Waals surface area contributed by atoms with E-state index in [2.05, 4.69) is 69.1 Å². The van der Waals surface area contributed by atoms with Gasteiger partial charge in [0.1, 0.15) is 17.6 Å². The highest BCUT2D eigenvalue weighted by atomic mass is 28.3. The van der Waals surface area contributed by atoms with E-state index in [1.165, 1.54) is 0 Å². The maximum Gasteiger partial charge on any atom is 0.407 e. The highest BCUT2D eigenvalue weighted by Gasteiger charge is 2.41. The van der Waals surface area contributed by atoms with Crippen molar-refractivity contribution in [1.29, 1.82) is 0 Å². The number of nitrogens with zero attached hydrogens (tertiary/aromatic N) is 1. The summed E-state index contributed by atoms with van der Waals surface area (Å²) in [5.41, 5.74) is 2.02. The first-order valence-corrected chi connectivity index (χ1v) is 23.2. The number of rotatable bonds is 24. The van der Waals surface area contributed by atoms with Gasteiger partial charge < -0.3 is 34.6 Å². The minimum absolute atomic E-state index is 0.0249. The van der Waals surface area contributed by atoms with Gasteiger partial charge in [0.2, 0.25) is 11.8 Å². The highest BCUT2D eigenvalue weighted by Crippen LogP contribution is 2.40. The molecule has 0 aliphatic carbocycles. The molecule has 5 atom stereocenters. The van der Waals surface area contributed by atoms with E-state index in [9.17, 15) is 19.2 Å². The second kappa shape index (κ2) is 24.5. The Morgan fingerprint density at radius 2 is 1.48 bits per heavy atom. The molecule has 0 radical (unpaired) electrons. The van der Waals surface area contributed by atoms with E-state index >= 15 is 0 Å². The normalized spacial score (nSPS) is 14.9. The lowest BCUT2D eigenvalue weighted by Gasteiger charge is -2.43. The summed E-state index contributed by atoms with van der Waals surface area (Å²) in [7, 11) is 3.43. The number of amides is 4. The zero-order valence-corrected chi connectivity index (χ0v) is 38.5. The molecule has 1 rings (SSSR count). The molecule has 0 spiro atoms. The molecule has 0 heterocycles. The van der Waals surface area contributed by atoms with Gasteiger partial charge in [0.05, 0.1) is 12.2 Å². The third-order valence-corrected chi connectivity index (χ3v) is 10.4. The molecular weight excluding hydrogens is 731 g/mol. The van der Waals surface area contributed by atoms with Crippen LogP contribution in [-0.2, 0) is 23.5 Å². The summed E-state index contributed by atoms with van der Waals surface area (Å²) in [6, 6.07) is 6.75. The predicted molar refractivity (Wildman–Crippen MR) is 226 cm³/mol. The smallest absolute Gasteiger partial charge is 0.407 e. The van der Waals surface area contributed by atoms with Crippen molar-refractivity contribution in [1.82, 2.24) is 26.4 Å². The summed E-state index contributed by atoms with van der Waals surface area (Å²) >= 11 is 0. The van der Waals surface area contributed by atoms with Gasteiger partial charge in [0, 0.05) is 58.7 Å². The first-order chi connectivity index (χ1) is 26.0. The molecule has 322 valence electrons. The summed E-state index contributed by atoms with van der Waals surface area (Å²) in [5.74, 6) is -0.967. The van der Waals surface area contributed by atoms with Crippen LogP contribution in [0.1, 0.15) is 112 Å². The van der Waals surface area contributed by atoms with Crippen molar-refractivity contribution < 1.29 is 37.8 Å². The molecule has 0 saturated heterocycles. The Labute approximate surface area is 340 Å². The monoisotopic (exact) mass is 808 g/mol. The van der Waals surface area contributed by atoms with Gasteiger partial charge in [-0.2, -0.15) is 0 Å². The van der Waals surface area contributed by atoms with Gasteiger partial charge in [-0.15, -0.1) is 0 Å². The Balaban J connectivity index is 3.59. The van der Waals surface area contributed by atoms with Gasteiger partial charge in [-0.25, -0.2) is 9.80 Å². The lowest BCUT2D eigenvalue weighted by molar-refractivity contribution is -0.128. The first kappa shape index (κ1) is 50.8. The largest absolute Gasteiger partial charge is 0.493 e. The van der Waals surface area contributed by atoms with Crippen LogP contribution in [0.4, 0.5) is 4.79 Å². The van der Waals surface area contributed by atoms with E-state index in [1.807, 2.05) is 46.8 Å². The van der Waals surface area contributed by atoms with Crippen LogP contribution in [0.5, 0.6) is 5.75 Å². The van der Waals surface area contributed by atoms with Crippen molar-refractivity contribution in [2.75, 3.05) is 41.0 Å². The zero-order valence-electron chi connectivity index (χ0n) is 37.3. The van der Waals surface area contributed by atoms with E-state index in [4.69, 9.17) is 18.6 Å². The average Bonchev–Trinajstić information content (AvgIpc) is 3.04. The number of nitrogens with one attached hydrogen (secondary N) is 4. The van der Waals surface area contributed by atoms with Gasteiger partial charge in [-0.05, 0) is 94.8 Å². The van der Waals surface area contributed by atoms with Crippen molar-refractivity contribution in [2.24, 2.45) is 35.0 Å². The first-order valence-electron chi connectivity index (χ1n) is 20.4. The number of para-hydroxylation sites is 1. The molecule has 0 fully saturated rings. The van der Waals surface area contributed by atoms with Crippen LogP contribution < -0.4 is 26.1 Å². The number of hydrogen-bond donors (Lipinski definition) is 4. The number of carbonyl (C=O) groups excluding carboxylic acids is 4. The van der Waals surface area contributed by atoms with Gasteiger partial charge >= 0.3 is 6.09 Å². The van der Waals surface area contributed by atoms with Gasteiger partial charge in [-0.3, -0.25) is 19.8 Å². The van der Waals surface area contributed by atoms with Crippen LogP contribution in [0.3, 0.4) is 0 Å². The topological polar surface area (TPSA) is 157 Å². The van der Waals surface area contributed by atoms with Crippen LogP contribution in [0, 0.1) is 35.0 Å². The second-order valence-electron chi connectivity index (χ2n) is 18.0. The van der Waals surface area contributed by atoms with E-state index in [0.29, 0.717) is 37.4 Å². The van der Waals surface area contributed by atoms with Crippen molar-refractivity contribution in [3.05, 3.63) is 29.8 Å². The maximum atomic E-state index is 14.1. The van der Waals surface area contributed by atoms with Crippen molar-refractivity contribution >= 4 is 32.9 Å². The molecule has 0 saturated carbocycles. The fraction of sp³-hybridized carbons (Fsp3) is 0.762. The lowest BCUT2D eigenvalue weighted by Crippen LogP contribution is -2.53. The third-order valence-electron chi connectivity index (χ3n) is 9.54. The SMILES string of the molecule is COCCCCOc1ccccc1C(=O)NC(O[SiH](C)C)[C@@H](C[C@H](NC(=O)OC(C)(C)C)[C@@H](C[C@H](C(=O)NCCC(=O)NN(C)C)C(C)C)C(C)(C)C)C(C)C. The minimum atomic E-state index is -1.71. The van der Waals surface area contributed by atoms with E-state index in [1.54, 1.807) is 38.3 Å². The number of methoxy groups -OCH3 is 1. The number of carbonyl (C=O) groups is 4. The molecule has 1 aromatic carbocycles. The Bertz CT molecular complexity index is 1340. The fourth-order valence-electron chi connectivity index (χ4n) is 6.69. The van der Waals surface area contributed by atoms with Crippen molar-refractivity contribution in [3.8, 4) is 5.75 Å². The molecule has 1 unspecified atom stereocenters. The van der Waals surface area contributed by atoms with Crippen molar-refractivity contribution in [3.63, 3.8) is 0 Å². The molecule has 0 aliphatic heterocycles. The molecule has 14 heteroatoms. The predicted octanol–water partition coefficient (Wildman–Crippen LogP) is 6.53. The molecular formula is C42H77N5O8Si. The van der Waals surface area contributed by atoms with Crippen LogP contribution in [0.2, 0.25) is 13.1 Å². The van der Waals surface area contributed by atoms with Gasteiger partial charge in [-0.1, -0.05) is 60.6 Å². The summed E-state index contributed by atoms with van der Waals surface area (Å²) < 4.78 is 23.7. The molecule has 1 aromatic rings. The molecule has 4 amide bonds. The number of hydrogen-bond acceptors (Lipinski definition) is 9. The number of hydrazine groups is 1. The van der Waals surface area contributed by atoms with Gasteiger partial charge in [0.25, 0.3) is 5.91 Å². The maximum absolute atomic E-state index is 14.1. The summed E-state index contributed by atoms with van der Waals surface area (Å²) in [4.78, 5) is 53.7. The van der Waals surface area contributed by atoms with Crippen LogP contribution in [0.25, 0.3) is 0 Å². The highest BCUT2D eigenvalue weighted by molar-refractivity contribution is 6.48. The molecule has 13 nitrogen and oxygen atoms in total. The van der Waals surface area contributed by atoms with Gasteiger partial charge in [0.15, 0.2) is 9.04 Å². The molecule has 4 N–H and O–H groups in total. The lowest BCUT2D eigenvalue weighted by atomic mass is 9.67. The van der Waals surface area contributed by atoms with Crippen LogP contribution >= 0.6 is 0 Å². The zero-order chi connectivity index (χ0) is 42.8. The fourth-order valence-corrected chi connectivity index (χ4v) is 7.54. The minimum Gasteiger partial charge on any atom is -0.493 e. The second-order valence-corrected chi connectivity index (χ2v) is 20.4. The Hall–Kier alpha value is -3.20. The average molecular weight is 808 g/mol. The number of unbranched alkanes of at least 4 members (excludes halogenated alkanes) is 1. The molecule has 0 bridgehead atoms. The standard InChI is InChI=1S/C42H77N5O8Si/c1-28(2)31(37(49)43-23-22-36(48)46-47(11)12)26-33(41(5,6)7)34(44-40(51)54-42(8,9)10)27-32(29(3)4)39(55-56(14)15)45-38(50)30-20-16-17-21-35(30)53-25-19-18-24-52-13/h16-17,20-21,28-29,31-34,39,56H,18-19,22-27H2,1-15H3,(H,43,49)(H,44,51)(H,45,50)(H,46,48)/t31-,32-,33+,34-,39?/m0/s1. The quantitative estimate of drug-likeness (QED) is 0.0395. The number of benzene rings is 1. The number of ether oxygens (including phenoxy) is 3. The van der Waals surface area contributed by atoms with Crippen LogP contribution in [-0.4, -0.2) is 96.7 Å². The Kier molecular flexibility index (Phi) is 22.3. The Morgan fingerprint density at radius 3 is 2.02 bits per heavy atom.